The number of rotatable bonds is 7. The molecule has 2 rings (SSSR count). The van der Waals surface area contributed by atoms with E-state index in [1.165, 1.54) is 9.75 Å². The second-order valence-electron chi connectivity index (χ2n) is 5.76. The molecule has 2 aromatic heterocycles. The maximum absolute atomic E-state index is 11.9. The molecular formula is C18H26IN5OS. The number of nitrogens with zero attached hydrogens (tertiary/aromatic N) is 2. The fourth-order valence-corrected chi connectivity index (χ4v) is 3.35. The van der Waals surface area contributed by atoms with Crippen molar-refractivity contribution < 1.29 is 4.79 Å². The van der Waals surface area contributed by atoms with Crippen LogP contribution < -0.4 is 16.0 Å². The molecule has 0 radical (unpaired) electrons. The van der Waals surface area contributed by atoms with Gasteiger partial charge < -0.3 is 16.0 Å². The number of nitrogens with one attached hydrogen (secondary N) is 3. The van der Waals surface area contributed by atoms with Gasteiger partial charge in [-0.25, -0.2) is 0 Å². The average molecular weight is 487 g/mol. The quantitative estimate of drug-likeness (QED) is 0.243. The van der Waals surface area contributed by atoms with Crippen molar-refractivity contribution in [2.45, 2.75) is 26.3 Å². The zero-order valence-electron chi connectivity index (χ0n) is 15.3. The fraction of sp³-hybridized carbons (Fsp3) is 0.389. The first-order valence-corrected chi connectivity index (χ1v) is 9.11. The molecule has 6 nitrogen and oxygen atoms in total. The Kier molecular flexibility index (Phi) is 10.2. The van der Waals surface area contributed by atoms with Crippen LogP contribution in [0.1, 0.15) is 27.0 Å². The summed E-state index contributed by atoms with van der Waals surface area (Å²) in [5.74, 6) is 0.607. The number of pyridine rings is 1. The monoisotopic (exact) mass is 487 g/mol. The van der Waals surface area contributed by atoms with Gasteiger partial charge in [-0.3, -0.25) is 14.8 Å². The summed E-state index contributed by atoms with van der Waals surface area (Å²) in [4.78, 5) is 22.8. The SMILES string of the molecule is CN=C(NCCNC(=O)c1cccnc1)NC(C)Cc1ccc(C)s1.I. The van der Waals surface area contributed by atoms with Gasteiger partial charge >= 0.3 is 0 Å². The van der Waals surface area contributed by atoms with Crippen LogP contribution in [0.15, 0.2) is 41.7 Å². The van der Waals surface area contributed by atoms with E-state index in [2.05, 4.69) is 51.9 Å². The third-order valence-corrected chi connectivity index (χ3v) is 4.56. The largest absolute Gasteiger partial charge is 0.355 e. The smallest absolute Gasteiger partial charge is 0.252 e. The van der Waals surface area contributed by atoms with Crippen LogP contribution in [-0.4, -0.2) is 43.0 Å². The van der Waals surface area contributed by atoms with E-state index in [0.29, 0.717) is 18.7 Å². The predicted octanol–water partition coefficient (Wildman–Crippen LogP) is 2.60. The minimum atomic E-state index is -0.126. The Balaban J connectivity index is 0.00000338. The number of aromatic nitrogens is 1. The van der Waals surface area contributed by atoms with E-state index in [1.54, 1.807) is 31.6 Å². The van der Waals surface area contributed by atoms with Gasteiger partial charge in [-0.05, 0) is 38.1 Å². The van der Waals surface area contributed by atoms with Crippen molar-refractivity contribution in [3.63, 3.8) is 0 Å². The molecule has 0 aromatic carbocycles. The first-order chi connectivity index (χ1) is 12.1. The number of carbonyl (C=O) groups is 1. The average Bonchev–Trinajstić information content (AvgIpc) is 3.02. The number of guanidine groups is 1. The van der Waals surface area contributed by atoms with Gasteiger partial charge in [-0.2, -0.15) is 0 Å². The van der Waals surface area contributed by atoms with Gasteiger partial charge in [0.25, 0.3) is 5.91 Å². The van der Waals surface area contributed by atoms with Crippen LogP contribution in [0.3, 0.4) is 0 Å². The van der Waals surface area contributed by atoms with Gasteiger partial charge in [0.05, 0.1) is 5.56 Å². The van der Waals surface area contributed by atoms with E-state index in [0.717, 1.165) is 12.4 Å². The maximum atomic E-state index is 11.9. The summed E-state index contributed by atoms with van der Waals surface area (Å²) in [6.07, 6.45) is 4.15. The molecule has 142 valence electrons. The number of carbonyl (C=O) groups excluding carboxylic acids is 1. The van der Waals surface area contributed by atoms with Gasteiger partial charge in [-0.15, -0.1) is 35.3 Å². The lowest BCUT2D eigenvalue weighted by Gasteiger charge is -2.17. The minimum absolute atomic E-state index is 0. The fourth-order valence-electron chi connectivity index (χ4n) is 2.33. The van der Waals surface area contributed by atoms with E-state index >= 15 is 0 Å². The topological polar surface area (TPSA) is 78.4 Å². The lowest BCUT2D eigenvalue weighted by Crippen LogP contribution is -2.45. The molecule has 1 unspecified atom stereocenters. The third-order valence-electron chi connectivity index (χ3n) is 3.54. The standard InChI is InChI=1S/C18H25N5OS.HI/c1-13(11-16-7-6-14(2)25-16)23-18(19-3)22-10-9-21-17(24)15-5-4-8-20-12-15;/h4-8,12-13H,9-11H2,1-3H3,(H,21,24)(H2,19,22,23);1H. The Morgan fingerprint density at radius 2 is 2.04 bits per heavy atom. The number of aliphatic imine (C=N–C) groups is 1. The molecule has 0 saturated heterocycles. The summed E-state index contributed by atoms with van der Waals surface area (Å²) >= 11 is 1.82. The summed E-state index contributed by atoms with van der Waals surface area (Å²) in [6.45, 7) is 5.35. The summed E-state index contributed by atoms with van der Waals surface area (Å²) in [5.41, 5.74) is 0.560. The van der Waals surface area contributed by atoms with Crippen molar-refractivity contribution in [2.75, 3.05) is 20.1 Å². The molecule has 2 aromatic rings. The van der Waals surface area contributed by atoms with Crippen LogP contribution in [0.25, 0.3) is 0 Å². The second-order valence-corrected chi connectivity index (χ2v) is 7.13. The third kappa shape index (κ3) is 7.69. The molecule has 3 N–H and O–H groups in total. The highest BCUT2D eigenvalue weighted by Crippen LogP contribution is 2.16. The lowest BCUT2D eigenvalue weighted by atomic mass is 10.2. The van der Waals surface area contributed by atoms with Crippen LogP contribution in [0.2, 0.25) is 0 Å². The second kappa shape index (κ2) is 11.8. The highest BCUT2D eigenvalue weighted by Gasteiger charge is 2.08. The molecule has 1 atom stereocenters. The summed E-state index contributed by atoms with van der Waals surface area (Å²) < 4.78 is 0. The summed E-state index contributed by atoms with van der Waals surface area (Å²) in [7, 11) is 1.74. The molecular weight excluding hydrogens is 461 g/mol. The van der Waals surface area contributed by atoms with Crippen molar-refractivity contribution in [1.82, 2.24) is 20.9 Å². The zero-order chi connectivity index (χ0) is 18.1. The van der Waals surface area contributed by atoms with Crippen molar-refractivity contribution in [2.24, 2.45) is 4.99 Å². The summed E-state index contributed by atoms with van der Waals surface area (Å²) in [5, 5.41) is 9.43. The van der Waals surface area contributed by atoms with E-state index in [9.17, 15) is 4.79 Å². The lowest BCUT2D eigenvalue weighted by molar-refractivity contribution is 0.0954. The minimum Gasteiger partial charge on any atom is -0.355 e. The molecule has 1 amide bonds. The molecule has 26 heavy (non-hydrogen) atoms. The molecule has 0 aliphatic carbocycles. The number of amides is 1. The Hall–Kier alpha value is -1.68. The predicted molar refractivity (Wildman–Crippen MR) is 119 cm³/mol. The van der Waals surface area contributed by atoms with Crippen molar-refractivity contribution >= 4 is 47.2 Å². The summed E-state index contributed by atoms with van der Waals surface area (Å²) in [6, 6.07) is 8.07. The Bertz CT molecular complexity index is 705. The number of halogens is 1. The molecule has 2 heterocycles. The molecule has 0 fully saturated rings. The maximum Gasteiger partial charge on any atom is 0.252 e. The Morgan fingerprint density at radius 1 is 1.27 bits per heavy atom. The number of hydrogen-bond acceptors (Lipinski definition) is 4. The van der Waals surface area contributed by atoms with Gasteiger partial charge in [0.2, 0.25) is 0 Å². The van der Waals surface area contributed by atoms with Crippen LogP contribution in [0.4, 0.5) is 0 Å². The van der Waals surface area contributed by atoms with Gasteiger partial charge in [-0.1, -0.05) is 0 Å². The molecule has 0 aliphatic heterocycles. The van der Waals surface area contributed by atoms with E-state index in [4.69, 9.17) is 0 Å². The van der Waals surface area contributed by atoms with Crippen molar-refractivity contribution in [3.05, 3.63) is 52.0 Å². The normalized spacial score (nSPS) is 12.0. The first-order valence-electron chi connectivity index (χ1n) is 8.29. The van der Waals surface area contributed by atoms with Crippen LogP contribution in [-0.2, 0) is 6.42 Å². The van der Waals surface area contributed by atoms with Gasteiger partial charge in [0.1, 0.15) is 0 Å². The zero-order valence-corrected chi connectivity index (χ0v) is 18.4. The molecule has 0 bridgehead atoms. The van der Waals surface area contributed by atoms with Crippen LogP contribution in [0, 0.1) is 6.92 Å². The van der Waals surface area contributed by atoms with E-state index in [-0.39, 0.29) is 35.9 Å². The molecule has 8 heteroatoms. The van der Waals surface area contributed by atoms with Crippen LogP contribution in [0.5, 0.6) is 0 Å². The first kappa shape index (κ1) is 22.4. The molecule has 0 aliphatic rings. The highest BCUT2D eigenvalue weighted by molar-refractivity contribution is 14.0. The Labute approximate surface area is 175 Å². The molecule has 0 spiro atoms. The highest BCUT2D eigenvalue weighted by atomic mass is 127. The van der Waals surface area contributed by atoms with E-state index in [1.807, 2.05) is 11.3 Å². The number of aryl methyl sites for hydroxylation is 1. The van der Waals surface area contributed by atoms with Crippen LogP contribution >= 0.6 is 35.3 Å². The number of thiophene rings is 1. The Morgan fingerprint density at radius 3 is 2.65 bits per heavy atom. The van der Waals surface area contributed by atoms with Gasteiger partial charge in [0, 0.05) is 54.7 Å². The molecule has 0 saturated carbocycles. The number of hydrogen-bond donors (Lipinski definition) is 3. The van der Waals surface area contributed by atoms with E-state index < -0.39 is 0 Å². The van der Waals surface area contributed by atoms with Crippen molar-refractivity contribution in [1.29, 1.82) is 0 Å². The van der Waals surface area contributed by atoms with Gasteiger partial charge in [0.15, 0.2) is 5.96 Å². The van der Waals surface area contributed by atoms with Crippen molar-refractivity contribution in [3.8, 4) is 0 Å².